The van der Waals surface area contributed by atoms with Crippen LogP contribution in [-0.2, 0) is 6.42 Å². The molecule has 2 heteroatoms. The molecule has 1 atom stereocenters. The third-order valence-electron chi connectivity index (χ3n) is 2.54. The number of hydrogen-bond acceptors (Lipinski definition) is 0. The summed E-state index contributed by atoms with van der Waals surface area (Å²) in [6.07, 6.45) is 2.35. The minimum Gasteiger partial charge on any atom is -0.0925 e. The van der Waals surface area contributed by atoms with E-state index in [-0.39, 0.29) is 0 Å². The molecule has 0 nitrogen and oxygen atoms in total. The maximum absolute atomic E-state index is 5.98. The molecule has 1 unspecified atom stereocenters. The van der Waals surface area contributed by atoms with Crippen LogP contribution in [0.5, 0.6) is 0 Å². The summed E-state index contributed by atoms with van der Waals surface area (Å²) >= 11 is 9.52. The van der Waals surface area contributed by atoms with Gasteiger partial charge in [0.15, 0.2) is 0 Å². The molecular weight excluding hydrogens is 259 g/mol. The molecule has 78 valence electrons. The first-order chi connectivity index (χ1) is 6.67. The molecule has 0 amide bonds. The predicted octanol–water partition coefficient (Wildman–Crippen LogP) is 4.61. The van der Waals surface area contributed by atoms with E-state index in [1.54, 1.807) is 0 Å². The van der Waals surface area contributed by atoms with Crippen molar-refractivity contribution in [2.24, 2.45) is 5.92 Å². The van der Waals surface area contributed by atoms with Gasteiger partial charge in [0, 0.05) is 10.4 Å². The van der Waals surface area contributed by atoms with Crippen molar-refractivity contribution in [1.29, 1.82) is 0 Å². The predicted molar refractivity (Wildman–Crippen MR) is 67.5 cm³/mol. The summed E-state index contributed by atoms with van der Waals surface area (Å²) < 4.78 is 0. The Morgan fingerprint density at radius 1 is 1.43 bits per heavy atom. The number of aryl methyl sites for hydroxylation is 1. The largest absolute Gasteiger partial charge is 0.0925 e. The molecule has 1 aromatic carbocycles. The van der Waals surface area contributed by atoms with Crippen molar-refractivity contribution in [1.82, 2.24) is 0 Å². The number of rotatable bonds is 4. The zero-order valence-corrected chi connectivity index (χ0v) is 11.0. The molecule has 0 aliphatic carbocycles. The maximum atomic E-state index is 5.98. The minimum absolute atomic E-state index is 0.732. The Bertz CT molecular complexity index is 292. The molecule has 1 rings (SSSR count). The first kappa shape index (κ1) is 12.1. The smallest absolute Gasteiger partial charge is 0.0435 e. The van der Waals surface area contributed by atoms with E-state index in [2.05, 4.69) is 41.9 Å². The van der Waals surface area contributed by atoms with Crippen molar-refractivity contribution in [3.8, 4) is 0 Å². The van der Waals surface area contributed by atoms with Gasteiger partial charge in [0.05, 0.1) is 0 Å². The molecule has 0 bridgehead atoms. The summed E-state index contributed by atoms with van der Waals surface area (Å²) in [5.74, 6) is 0.732. The van der Waals surface area contributed by atoms with Gasteiger partial charge in [-0.3, -0.25) is 0 Å². The lowest BCUT2D eigenvalue weighted by Crippen LogP contribution is -2.04. The lowest BCUT2D eigenvalue weighted by atomic mass is 9.98. The van der Waals surface area contributed by atoms with Gasteiger partial charge in [0.1, 0.15) is 0 Å². The third kappa shape index (κ3) is 3.29. The lowest BCUT2D eigenvalue weighted by Gasteiger charge is -2.11. The summed E-state index contributed by atoms with van der Waals surface area (Å²) in [4.78, 5) is 0. The van der Waals surface area contributed by atoms with Gasteiger partial charge in [-0.25, -0.2) is 0 Å². The monoisotopic (exact) mass is 274 g/mol. The summed E-state index contributed by atoms with van der Waals surface area (Å²) in [5, 5.41) is 1.94. The van der Waals surface area contributed by atoms with Crippen LogP contribution in [0, 0.1) is 12.8 Å². The van der Waals surface area contributed by atoms with Crippen LogP contribution in [0.1, 0.15) is 24.5 Å². The van der Waals surface area contributed by atoms with Crippen molar-refractivity contribution in [3.05, 3.63) is 34.3 Å². The molecule has 0 heterocycles. The highest BCUT2D eigenvalue weighted by Crippen LogP contribution is 2.20. The molecule has 1 aromatic rings. The van der Waals surface area contributed by atoms with Gasteiger partial charge in [0.2, 0.25) is 0 Å². The first-order valence-electron chi connectivity index (χ1n) is 4.98. The Kier molecular flexibility index (Phi) is 4.97. The van der Waals surface area contributed by atoms with E-state index < -0.39 is 0 Å². The van der Waals surface area contributed by atoms with E-state index in [0.29, 0.717) is 0 Å². The Morgan fingerprint density at radius 2 is 2.14 bits per heavy atom. The zero-order chi connectivity index (χ0) is 10.6. The van der Waals surface area contributed by atoms with Crippen molar-refractivity contribution in [2.45, 2.75) is 26.7 Å². The molecule has 0 saturated heterocycles. The molecule has 0 spiro atoms. The maximum Gasteiger partial charge on any atom is 0.0435 e. The summed E-state index contributed by atoms with van der Waals surface area (Å²) in [6.45, 7) is 4.29. The van der Waals surface area contributed by atoms with E-state index in [4.69, 9.17) is 11.6 Å². The Morgan fingerprint density at radius 3 is 2.64 bits per heavy atom. The quantitative estimate of drug-likeness (QED) is 0.704. The number of benzene rings is 1. The van der Waals surface area contributed by atoms with Crippen LogP contribution in [0.3, 0.4) is 0 Å². The van der Waals surface area contributed by atoms with E-state index in [0.717, 1.165) is 22.7 Å². The van der Waals surface area contributed by atoms with Crippen molar-refractivity contribution < 1.29 is 0 Å². The van der Waals surface area contributed by atoms with Crippen LogP contribution in [0.25, 0.3) is 0 Å². The highest BCUT2D eigenvalue weighted by molar-refractivity contribution is 9.09. The van der Waals surface area contributed by atoms with Gasteiger partial charge < -0.3 is 0 Å². The van der Waals surface area contributed by atoms with Crippen molar-refractivity contribution in [2.75, 3.05) is 5.33 Å². The molecule has 0 fully saturated rings. The third-order valence-corrected chi connectivity index (χ3v) is 3.88. The normalized spacial score (nSPS) is 12.9. The fraction of sp³-hybridized carbons (Fsp3) is 0.500. The Balaban J connectivity index is 2.72. The van der Waals surface area contributed by atoms with Crippen molar-refractivity contribution >= 4 is 27.5 Å². The molecular formula is C12H16BrCl. The van der Waals surface area contributed by atoms with Crippen LogP contribution < -0.4 is 0 Å². The summed E-state index contributed by atoms with van der Waals surface area (Å²) in [5.41, 5.74) is 2.56. The molecule has 0 radical (unpaired) electrons. The second-order valence-corrected chi connectivity index (χ2v) is 4.77. The average Bonchev–Trinajstić information content (AvgIpc) is 2.19. The summed E-state index contributed by atoms with van der Waals surface area (Å²) in [7, 11) is 0. The molecule has 0 saturated carbocycles. The standard InChI is InChI=1S/C12H16BrCl/c1-3-10(8-13)7-11-4-5-12(14)9(2)6-11/h4-6,10H,3,7-8H2,1-2H3. The van der Waals surface area contributed by atoms with Gasteiger partial charge in [-0.15, -0.1) is 0 Å². The second-order valence-electron chi connectivity index (χ2n) is 3.72. The van der Waals surface area contributed by atoms with Crippen LogP contribution in [0.15, 0.2) is 18.2 Å². The SMILES string of the molecule is CCC(CBr)Cc1ccc(Cl)c(C)c1. The topological polar surface area (TPSA) is 0 Å². The zero-order valence-electron chi connectivity index (χ0n) is 8.69. The van der Waals surface area contributed by atoms with Gasteiger partial charge >= 0.3 is 0 Å². The van der Waals surface area contributed by atoms with Gasteiger partial charge in [-0.05, 0) is 36.5 Å². The Labute approximate surface area is 99.8 Å². The van der Waals surface area contributed by atoms with E-state index >= 15 is 0 Å². The lowest BCUT2D eigenvalue weighted by molar-refractivity contribution is 0.573. The van der Waals surface area contributed by atoms with E-state index in [9.17, 15) is 0 Å². The summed E-state index contributed by atoms with van der Waals surface area (Å²) in [6, 6.07) is 6.31. The second kappa shape index (κ2) is 5.77. The molecule has 0 N–H and O–H groups in total. The molecule has 0 aliphatic heterocycles. The molecule has 0 aliphatic rings. The highest BCUT2D eigenvalue weighted by Gasteiger charge is 2.06. The number of alkyl halides is 1. The van der Waals surface area contributed by atoms with Crippen molar-refractivity contribution in [3.63, 3.8) is 0 Å². The van der Waals surface area contributed by atoms with Crippen LogP contribution in [0.4, 0.5) is 0 Å². The van der Waals surface area contributed by atoms with Gasteiger partial charge in [-0.1, -0.05) is 53.0 Å². The number of halogens is 2. The fourth-order valence-corrected chi connectivity index (χ4v) is 2.28. The van der Waals surface area contributed by atoms with E-state index in [1.165, 1.54) is 17.5 Å². The van der Waals surface area contributed by atoms with Gasteiger partial charge in [-0.2, -0.15) is 0 Å². The van der Waals surface area contributed by atoms with Gasteiger partial charge in [0.25, 0.3) is 0 Å². The molecule has 14 heavy (non-hydrogen) atoms. The van der Waals surface area contributed by atoms with Crippen LogP contribution >= 0.6 is 27.5 Å². The fourth-order valence-electron chi connectivity index (χ4n) is 1.48. The number of hydrogen-bond donors (Lipinski definition) is 0. The minimum atomic E-state index is 0.732. The van der Waals surface area contributed by atoms with E-state index in [1.807, 2.05) is 6.07 Å². The Hall–Kier alpha value is -0.0100. The molecule has 0 aromatic heterocycles. The van der Waals surface area contributed by atoms with Crippen LogP contribution in [-0.4, -0.2) is 5.33 Å². The van der Waals surface area contributed by atoms with Crippen LogP contribution in [0.2, 0.25) is 5.02 Å². The average molecular weight is 276 g/mol. The first-order valence-corrected chi connectivity index (χ1v) is 6.48. The highest BCUT2D eigenvalue weighted by atomic mass is 79.9.